The van der Waals surface area contributed by atoms with Crippen molar-refractivity contribution in [3.63, 3.8) is 0 Å². The van der Waals surface area contributed by atoms with E-state index in [0.717, 1.165) is 12.8 Å². The third-order valence-electron chi connectivity index (χ3n) is 1.90. The number of halogens is 1. The molecule has 0 amide bonds. The van der Waals surface area contributed by atoms with Crippen LogP contribution < -0.4 is 5.73 Å². The Labute approximate surface area is 60.5 Å². The molecule has 60 valence electrons. The SMILES string of the molecule is NCCCC1COCC1F. The van der Waals surface area contributed by atoms with Crippen LogP contribution in [-0.2, 0) is 4.74 Å². The van der Waals surface area contributed by atoms with Crippen molar-refractivity contribution >= 4 is 0 Å². The summed E-state index contributed by atoms with van der Waals surface area (Å²) < 4.78 is 17.7. The van der Waals surface area contributed by atoms with Gasteiger partial charge in [0.05, 0.1) is 13.2 Å². The topological polar surface area (TPSA) is 35.2 Å². The molecule has 0 saturated carbocycles. The predicted octanol–water partition coefficient (Wildman–Crippen LogP) is 0.710. The van der Waals surface area contributed by atoms with Crippen LogP contribution in [0.15, 0.2) is 0 Å². The number of hydrogen-bond donors (Lipinski definition) is 1. The molecule has 1 aliphatic rings. The van der Waals surface area contributed by atoms with Crippen molar-refractivity contribution in [2.24, 2.45) is 11.7 Å². The van der Waals surface area contributed by atoms with Crippen LogP contribution in [-0.4, -0.2) is 25.9 Å². The van der Waals surface area contributed by atoms with Gasteiger partial charge in [-0.25, -0.2) is 4.39 Å². The number of ether oxygens (including phenoxy) is 1. The Kier molecular flexibility index (Phi) is 3.09. The Morgan fingerprint density at radius 3 is 2.80 bits per heavy atom. The predicted molar refractivity (Wildman–Crippen MR) is 37.5 cm³/mol. The second kappa shape index (κ2) is 3.88. The van der Waals surface area contributed by atoms with E-state index in [1.165, 1.54) is 0 Å². The van der Waals surface area contributed by atoms with Crippen LogP contribution in [0.5, 0.6) is 0 Å². The van der Waals surface area contributed by atoms with E-state index in [2.05, 4.69) is 0 Å². The zero-order valence-corrected chi connectivity index (χ0v) is 6.05. The largest absolute Gasteiger partial charge is 0.378 e. The van der Waals surface area contributed by atoms with Crippen molar-refractivity contribution in [2.45, 2.75) is 19.0 Å². The zero-order valence-electron chi connectivity index (χ0n) is 6.05. The first-order valence-electron chi connectivity index (χ1n) is 3.76. The molecule has 2 unspecified atom stereocenters. The smallest absolute Gasteiger partial charge is 0.128 e. The summed E-state index contributed by atoms with van der Waals surface area (Å²) >= 11 is 0. The highest BCUT2D eigenvalue weighted by atomic mass is 19.1. The van der Waals surface area contributed by atoms with E-state index in [0.29, 0.717) is 13.2 Å². The van der Waals surface area contributed by atoms with Gasteiger partial charge >= 0.3 is 0 Å². The van der Waals surface area contributed by atoms with Crippen molar-refractivity contribution < 1.29 is 9.13 Å². The zero-order chi connectivity index (χ0) is 7.40. The van der Waals surface area contributed by atoms with E-state index < -0.39 is 6.17 Å². The summed E-state index contributed by atoms with van der Waals surface area (Å²) in [6.45, 7) is 1.53. The van der Waals surface area contributed by atoms with Crippen LogP contribution in [0.2, 0.25) is 0 Å². The second-order valence-electron chi connectivity index (χ2n) is 2.74. The van der Waals surface area contributed by atoms with Gasteiger partial charge in [-0.15, -0.1) is 0 Å². The van der Waals surface area contributed by atoms with E-state index >= 15 is 0 Å². The van der Waals surface area contributed by atoms with Crippen molar-refractivity contribution in [2.75, 3.05) is 19.8 Å². The Hall–Kier alpha value is -0.150. The van der Waals surface area contributed by atoms with Crippen LogP contribution in [0.3, 0.4) is 0 Å². The van der Waals surface area contributed by atoms with Gasteiger partial charge in [0.1, 0.15) is 6.17 Å². The van der Waals surface area contributed by atoms with Crippen LogP contribution in [0.1, 0.15) is 12.8 Å². The molecule has 0 aliphatic carbocycles. The summed E-state index contributed by atoms with van der Waals surface area (Å²) in [6, 6.07) is 0. The van der Waals surface area contributed by atoms with Crippen LogP contribution in [0.25, 0.3) is 0 Å². The van der Waals surface area contributed by atoms with Gasteiger partial charge in [-0.3, -0.25) is 0 Å². The Morgan fingerprint density at radius 2 is 2.30 bits per heavy atom. The fraction of sp³-hybridized carbons (Fsp3) is 1.00. The lowest BCUT2D eigenvalue weighted by molar-refractivity contribution is 0.172. The summed E-state index contributed by atoms with van der Waals surface area (Å²) in [5, 5.41) is 0. The fourth-order valence-corrected chi connectivity index (χ4v) is 1.22. The lowest BCUT2D eigenvalue weighted by Crippen LogP contribution is -2.14. The average molecular weight is 147 g/mol. The van der Waals surface area contributed by atoms with Crippen molar-refractivity contribution in [1.82, 2.24) is 0 Å². The molecule has 2 N–H and O–H groups in total. The molecule has 0 aromatic rings. The van der Waals surface area contributed by atoms with Crippen LogP contribution in [0.4, 0.5) is 4.39 Å². The van der Waals surface area contributed by atoms with E-state index in [1.54, 1.807) is 0 Å². The highest BCUT2D eigenvalue weighted by Gasteiger charge is 2.26. The summed E-state index contributed by atoms with van der Waals surface area (Å²) in [4.78, 5) is 0. The first-order chi connectivity index (χ1) is 4.84. The minimum absolute atomic E-state index is 0.114. The number of hydrogen-bond acceptors (Lipinski definition) is 2. The molecule has 1 heterocycles. The standard InChI is InChI=1S/C7H14FNO/c8-7-5-10-4-6(7)2-1-3-9/h6-7H,1-5,9H2. The van der Waals surface area contributed by atoms with Crippen LogP contribution >= 0.6 is 0 Å². The maximum atomic E-state index is 12.7. The van der Waals surface area contributed by atoms with E-state index in [4.69, 9.17) is 10.5 Å². The number of nitrogens with two attached hydrogens (primary N) is 1. The fourth-order valence-electron chi connectivity index (χ4n) is 1.22. The normalized spacial score (nSPS) is 33.0. The van der Waals surface area contributed by atoms with Gasteiger partial charge in [0, 0.05) is 5.92 Å². The summed E-state index contributed by atoms with van der Waals surface area (Å²) in [6.07, 6.45) is 1.04. The molecule has 2 nitrogen and oxygen atoms in total. The van der Waals surface area contributed by atoms with E-state index in [9.17, 15) is 4.39 Å². The molecule has 2 atom stereocenters. The Balaban J connectivity index is 2.14. The summed E-state index contributed by atoms with van der Waals surface area (Å²) in [7, 11) is 0. The third kappa shape index (κ3) is 1.92. The lowest BCUT2D eigenvalue weighted by Gasteiger charge is -2.07. The number of rotatable bonds is 3. The molecule has 1 fully saturated rings. The molecular weight excluding hydrogens is 133 g/mol. The van der Waals surface area contributed by atoms with Crippen LogP contribution in [0, 0.1) is 5.92 Å². The van der Waals surface area contributed by atoms with Gasteiger partial charge in [-0.2, -0.15) is 0 Å². The molecule has 0 radical (unpaired) electrons. The first-order valence-corrected chi connectivity index (χ1v) is 3.76. The summed E-state index contributed by atoms with van der Waals surface area (Å²) in [5.41, 5.74) is 5.29. The summed E-state index contributed by atoms with van der Waals surface area (Å²) in [5.74, 6) is 0.114. The monoisotopic (exact) mass is 147 g/mol. The maximum absolute atomic E-state index is 12.7. The third-order valence-corrected chi connectivity index (χ3v) is 1.90. The van der Waals surface area contributed by atoms with Gasteiger partial charge in [0.2, 0.25) is 0 Å². The molecule has 1 aliphatic heterocycles. The molecule has 3 heteroatoms. The van der Waals surface area contributed by atoms with Crippen molar-refractivity contribution in [3.8, 4) is 0 Å². The Morgan fingerprint density at radius 1 is 1.50 bits per heavy atom. The molecular formula is C7H14FNO. The highest BCUT2D eigenvalue weighted by molar-refractivity contribution is 4.74. The van der Waals surface area contributed by atoms with E-state index in [-0.39, 0.29) is 12.5 Å². The first kappa shape index (κ1) is 7.95. The highest BCUT2D eigenvalue weighted by Crippen LogP contribution is 2.21. The number of alkyl halides is 1. The van der Waals surface area contributed by atoms with Gasteiger partial charge in [0.15, 0.2) is 0 Å². The molecule has 1 saturated heterocycles. The molecule has 10 heavy (non-hydrogen) atoms. The molecule has 0 aromatic heterocycles. The molecule has 0 spiro atoms. The van der Waals surface area contributed by atoms with Crippen molar-refractivity contribution in [3.05, 3.63) is 0 Å². The molecule has 1 rings (SSSR count). The Bertz CT molecular complexity index is 99.6. The minimum atomic E-state index is -0.744. The second-order valence-corrected chi connectivity index (χ2v) is 2.74. The molecule has 0 bridgehead atoms. The molecule has 0 aromatic carbocycles. The van der Waals surface area contributed by atoms with Gasteiger partial charge in [-0.1, -0.05) is 0 Å². The van der Waals surface area contributed by atoms with E-state index in [1.807, 2.05) is 0 Å². The minimum Gasteiger partial charge on any atom is -0.378 e. The van der Waals surface area contributed by atoms with Gasteiger partial charge in [0.25, 0.3) is 0 Å². The average Bonchev–Trinajstić information content (AvgIpc) is 2.31. The van der Waals surface area contributed by atoms with Gasteiger partial charge < -0.3 is 10.5 Å². The maximum Gasteiger partial charge on any atom is 0.128 e. The quantitative estimate of drug-likeness (QED) is 0.638. The lowest BCUT2D eigenvalue weighted by atomic mass is 10.0. The van der Waals surface area contributed by atoms with Crippen molar-refractivity contribution in [1.29, 1.82) is 0 Å². The van der Waals surface area contributed by atoms with Gasteiger partial charge in [-0.05, 0) is 19.4 Å².